The van der Waals surface area contributed by atoms with E-state index in [9.17, 15) is 4.39 Å². The minimum atomic E-state index is -0.164. The molecule has 0 spiro atoms. The number of halogens is 1. The van der Waals surface area contributed by atoms with Gasteiger partial charge >= 0.3 is 0 Å². The highest BCUT2D eigenvalue weighted by molar-refractivity contribution is 5.16. The third-order valence-corrected chi connectivity index (χ3v) is 2.72. The first kappa shape index (κ1) is 9.66. The van der Waals surface area contributed by atoms with Crippen LogP contribution < -0.4 is 0 Å². The van der Waals surface area contributed by atoms with Gasteiger partial charge in [-0.15, -0.1) is 0 Å². The summed E-state index contributed by atoms with van der Waals surface area (Å²) < 4.78 is 18.0. The van der Waals surface area contributed by atoms with Gasteiger partial charge in [-0.2, -0.15) is 0 Å². The highest BCUT2D eigenvalue weighted by atomic mass is 19.1. The lowest BCUT2D eigenvalue weighted by molar-refractivity contribution is 0.360. The molecule has 0 aliphatic carbocycles. The Morgan fingerprint density at radius 3 is 2.50 bits per heavy atom. The van der Waals surface area contributed by atoms with Gasteiger partial charge in [0.1, 0.15) is 5.82 Å². The zero-order valence-electron chi connectivity index (χ0n) is 8.37. The van der Waals surface area contributed by atoms with Crippen LogP contribution in [0, 0.1) is 5.82 Å². The predicted molar refractivity (Wildman–Crippen MR) is 53.7 cm³/mol. The molecule has 14 heavy (non-hydrogen) atoms. The van der Waals surface area contributed by atoms with Gasteiger partial charge in [-0.1, -0.05) is 19.1 Å². The van der Waals surface area contributed by atoms with Crippen molar-refractivity contribution in [3.63, 3.8) is 0 Å². The van der Waals surface area contributed by atoms with Gasteiger partial charge in [-0.05, 0) is 37.0 Å². The van der Waals surface area contributed by atoms with Gasteiger partial charge in [0.25, 0.3) is 0 Å². The summed E-state index contributed by atoms with van der Waals surface area (Å²) in [7, 11) is 0. The molecule has 2 atom stereocenters. The predicted octanol–water partition coefficient (Wildman–Crippen LogP) is 2.94. The molecule has 1 aliphatic heterocycles. The molecule has 1 fully saturated rings. The molecule has 1 nitrogen and oxygen atoms in total. The molecule has 0 amide bonds. The molecule has 2 unspecified atom stereocenters. The van der Waals surface area contributed by atoms with Crippen LogP contribution in [0.4, 0.5) is 4.39 Å². The van der Waals surface area contributed by atoms with Crippen molar-refractivity contribution < 1.29 is 9.13 Å². The van der Waals surface area contributed by atoms with Gasteiger partial charge in [0.2, 0.25) is 0 Å². The third-order valence-electron chi connectivity index (χ3n) is 2.72. The minimum Gasteiger partial charge on any atom is -0.370 e. The summed E-state index contributed by atoms with van der Waals surface area (Å²) in [4.78, 5) is 0. The fraction of sp³-hybridized carbons (Fsp3) is 0.500. The van der Waals surface area contributed by atoms with E-state index in [-0.39, 0.29) is 5.82 Å². The maximum absolute atomic E-state index is 12.6. The molecule has 76 valence electrons. The normalized spacial score (nSPS) is 25.0. The van der Waals surface area contributed by atoms with Crippen LogP contribution in [0.1, 0.15) is 25.3 Å². The van der Waals surface area contributed by atoms with E-state index in [0.717, 1.165) is 19.3 Å². The first-order valence-electron chi connectivity index (χ1n) is 5.19. The monoisotopic (exact) mass is 194 g/mol. The second-order valence-corrected chi connectivity index (χ2v) is 3.79. The summed E-state index contributed by atoms with van der Waals surface area (Å²) in [6.45, 7) is 2.14. The lowest BCUT2D eigenvalue weighted by atomic mass is 10.1. The summed E-state index contributed by atoms with van der Waals surface area (Å²) in [6.07, 6.45) is 4.08. The Morgan fingerprint density at radius 1 is 1.21 bits per heavy atom. The van der Waals surface area contributed by atoms with Crippen molar-refractivity contribution in [2.45, 2.75) is 38.4 Å². The zero-order valence-corrected chi connectivity index (χ0v) is 8.37. The highest BCUT2D eigenvalue weighted by Crippen LogP contribution is 2.29. The summed E-state index contributed by atoms with van der Waals surface area (Å²) in [5.74, 6) is -0.164. The number of epoxide rings is 1. The van der Waals surface area contributed by atoms with Crippen molar-refractivity contribution in [3.05, 3.63) is 35.6 Å². The fourth-order valence-electron chi connectivity index (χ4n) is 1.75. The van der Waals surface area contributed by atoms with E-state index >= 15 is 0 Å². The number of hydrogen-bond donors (Lipinski definition) is 0. The standard InChI is InChI=1S/C12H15FO/c1-2-11-12(14-11)8-5-9-3-6-10(13)7-4-9/h3-4,6-7,11-12H,2,5,8H2,1H3. The average Bonchev–Trinajstić information content (AvgIpc) is 2.96. The van der Waals surface area contributed by atoms with E-state index in [1.54, 1.807) is 0 Å². The number of hydrogen-bond acceptors (Lipinski definition) is 1. The average molecular weight is 194 g/mol. The lowest BCUT2D eigenvalue weighted by Crippen LogP contribution is -1.95. The van der Waals surface area contributed by atoms with Crippen LogP contribution in [0.5, 0.6) is 0 Å². The highest BCUT2D eigenvalue weighted by Gasteiger charge is 2.35. The van der Waals surface area contributed by atoms with E-state index in [0.29, 0.717) is 12.2 Å². The number of aryl methyl sites for hydroxylation is 1. The number of benzene rings is 1. The molecular formula is C12H15FO. The molecule has 1 heterocycles. The van der Waals surface area contributed by atoms with Crippen molar-refractivity contribution in [1.29, 1.82) is 0 Å². The molecule has 0 N–H and O–H groups in total. The van der Waals surface area contributed by atoms with Crippen molar-refractivity contribution >= 4 is 0 Å². The van der Waals surface area contributed by atoms with Crippen molar-refractivity contribution in [2.75, 3.05) is 0 Å². The Hall–Kier alpha value is -0.890. The number of rotatable bonds is 4. The van der Waals surface area contributed by atoms with Gasteiger partial charge in [-0.25, -0.2) is 4.39 Å². The molecule has 0 bridgehead atoms. The summed E-state index contributed by atoms with van der Waals surface area (Å²) in [5.41, 5.74) is 1.19. The van der Waals surface area contributed by atoms with Crippen LogP contribution in [-0.2, 0) is 11.2 Å². The van der Waals surface area contributed by atoms with Crippen LogP contribution >= 0.6 is 0 Å². The molecule has 0 radical (unpaired) electrons. The third kappa shape index (κ3) is 2.32. The topological polar surface area (TPSA) is 12.5 Å². The second kappa shape index (κ2) is 4.09. The molecule has 1 saturated heterocycles. The minimum absolute atomic E-state index is 0.164. The van der Waals surface area contributed by atoms with E-state index in [1.807, 2.05) is 12.1 Å². The lowest BCUT2D eigenvalue weighted by Gasteiger charge is -1.98. The Balaban J connectivity index is 1.78. The second-order valence-electron chi connectivity index (χ2n) is 3.79. The van der Waals surface area contributed by atoms with Gasteiger partial charge < -0.3 is 4.74 Å². The molecule has 0 aromatic heterocycles. The van der Waals surface area contributed by atoms with Gasteiger partial charge in [0.05, 0.1) is 12.2 Å². The van der Waals surface area contributed by atoms with E-state index < -0.39 is 0 Å². The van der Waals surface area contributed by atoms with E-state index in [4.69, 9.17) is 4.74 Å². The Morgan fingerprint density at radius 2 is 1.93 bits per heavy atom. The number of ether oxygens (including phenoxy) is 1. The Labute approximate surface area is 83.9 Å². The van der Waals surface area contributed by atoms with Crippen LogP contribution in [0.2, 0.25) is 0 Å². The summed E-state index contributed by atoms with van der Waals surface area (Å²) >= 11 is 0. The SMILES string of the molecule is CCC1OC1CCc1ccc(F)cc1. The summed E-state index contributed by atoms with van der Waals surface area (Å²) in [5, 5.41) is 0. The van der Waals surface area contributed by atoms with Crippen LogP contribution in [0.25, 0.3) is 0 Å². The zero-order chi connectivity index (χ0) is 9.97. The summed E-state index contributed by atoms with van der Waals surface area (Å²) in [6, 6.07) is 6.72. The van der Waals surface area contributed by atoms with Crippen molar-refractivity contribution in [3.8, 4) is 0 Å². The van der Waals surface area contributed by atoms with Crippen LogP contribution in [0.3, 0.4) is 0 Å². The van der Waals surface area contributed by atoms with Crippen LogP contribution in [0.15, 0.2) is 24.3 Å². The molecular weight excluding hydrogens is 179 g/mol. The maximum atomic E-state index is 12.6. The Kier molecular flexibility index (Phi) is 2.82. The molecule has 1 aliphatic rings. The maximum Gasteiger partial charge on any atom is 0.123 e. The molecule has 1 aromatic carbocycles. The Bertz CT molecular complexity index is 294. The van der Waals surface area contributed by atoms with Crippen molar-refractivity contribution in [2.24, 2.45) is 0 Å². The van der Waals surface area contributed by atoms with Crippen molar-refractivity contribution in [1.82, 2.24) is 0 Å². The van der Waals surface area contributed by atoms with E-state index in [2.05, 4.69) is 6.92 Å². The van der Waals surface area contributed by atoms with E-state index in [1.165, 1.54) is 17.7 Å². The fourth-order valence-corrected chi connectivity index (χ4v) is 1.75. The molecule has 2 heteroatoms. The van der Waals surface area contributed by atoms with Crippen LogP contribution in [-0.4, -0.2) is 12.2 Å². The molecule has 1 aromatic rings. The largest absolute Gasteiger partial charge is 0.370 e. The van der Waals surface area contributed by atoms with Gasteiger partial charge in [-0.3, -0.25) is 0 Å². The molecule has 2 rings (SSSR count). The first-order chi connectivity index (χ1) is 6.79. The molecule has 0 saturated carbocycles. The quantitative estimate of drug-likeness (QED) is 0.671. The van der Waals surface area contributed by atoms with Gasteiger partial charge in [0.15, 0.2) is 0 Å². The van der Waals surface area contributed by atoms with Gasteiger partial charge in [0, 0.05) is 0 Å². The smallest absolute Gasteiger partial charge is 0.123 e. The first-order valence-corrected chi connectivity index (χ1v) is 5.19.